The molecule has 0 amide bonds. The van der Waals surface area contributed by atoms with Gasteiger partial charge in [-0.2, -0.15) is 5.26 Å². The van der Waals surface area contributed by atoms with Crippen molar-refractivity contribution in [3.63, 3.8) is 0 Å². The van der Waals surface area contributed by atoms with Gasteiger partial charge in [0.25, 0.3) is 0 Å². The molecule has 2 nitrogen and oxygen atoms in total. The van der Waals surface area contributed by atoms with Crippen LogP contribution in [0.4, 0.5) is 5.69 Å². The molecule has 2 aromatic carbocycles. The Labute approximate surface area is 108 Å². The van der Waals surface area contributed by atoms with E-state index in [2.05, 4.69) is 42.6 Å². The third kappa shape index (κ3) is 2.70. The molecule has 0 atom stereocenters. The Hall–Kier alpha value is -2.27. The maximum atomic E-state index is 9.14. The van der Waals surface area contributed by atoms with Crippen LogP contribution in [0.3, 0.4) is 0 Å². The van der Waals surface area contributed by atoms with E-state index in [-0.39, 0.29) is 0 Å². The van der Waals surface area contributed by atoms with E-state index in [9.17, 15) is 0 Å². The third-order valence-electron chi connectivity index (χ3n) is 2.99. The lowest BCUT2D eigenvalue weighted by molar-refractivity contribution is 1.14. The highest BCUT2D eigenvalue weighted by Gasteiger charge is 2.03. The predicted octanol–water partition coefficient (Wildman–Crippen LogP) is 3.79. The largest absolute Gasteiger partial charge is 0.380 e. The lowest BCUT2D eigenvalue weighted by Crippen LogP contribution is -2.02. The number of hydrogen-bond acceptors (Lipinski definition) is 2. The van der Waals surface area contributed by atoms with E-state index in [1.54, 1.807) is 0 Å². The SMILES string of the molecule is Cc1ccc(CNc2cccc(C)c2C#N)cc1. The van der Waals surface area contributed by atoms with Gasteiger partial charge >= 0.3 is 0 Å². The monoisotopic (exact) mass is 236 g/mol. The highest BCUT2D eigenvalue weighted by Crippen LogP contribution is 2.19. The molecule has 0 heterocycles. The molecule has 0 aromatic heterocycles. The normalized spacial score (nSPS) is 9.83. The highest BCUT2D eigenvalue weighted by atomic mass is 14.9. The fourth-order valence-corrected chi connectivity index (χ4v) is 1.87. The minimum Gasteiger partial charge on any atom is -0.380 e. The van der Waals surface area contributed by atoms with Gasteiger partial charge in [-0.15, -0.1) is 0 Å². The van der Waals surface area contributed by atoms with Crippen LogP contribution in [0.2, 0.25) is 0 Å². The summed E-state index contributed by atoms with van der Waals surface area (Å²) in [6.45, 7) is 4.76. The van der Waals surface area contributed by atoms with Crippen LogP contribution in [0, 0.1) is 25.2 Å². The molecule has 0 aliphatic rings. The Kier molecular flexibility index (Phi) is 3.64. The van der Waals surface area contributed by atoms with Crippen molar-refractivity contribution in [2.24, 2.45) is 0 Å². The van der Waals surface area contributed by atoms with E-state index in [0.29, 0.717) is 0 Å². The Morgan fingerprint density at radius 1 is 1.06 bits per heavy atom. The lowest BCUT2D eigenvalue weighted by Gasteiger charge is -2.10. The van der Waals surface area contributed by atoms with Crippen LogP contribution in [-0.2, 0) is 6.54 Å². The summed E-state index contributed by atoms with van der Waals surface area (Å²) < 4.78 is 0. The average molecular weight is 236 g/mol. The summed E-state index contributed by atoms with van der Waals surface area (Å²) in [7, 11) is 0. The van der Waals surface area contributed by atoms with Crippen molar-refractivity contribution in [2.45, 2.75) is 20.4 Å². The van der Waals surface area contributed by atoms with Crippen molar-refractivity contribution in [3.8, 4) is 6.07 Å². The summed E-state index contributed by atoms with van der Waals surface area (Å²) >= 11 is 0. The second kappa shape index (κ2) is 5.37. The molecule has 0 spiro atoms. The Morgan fingerprint density at radius 3 is 2.44 bits per heavy atom. The second-order valence-corrected chi connectivity index (χ2v) is 4.45. The number of benzene rings is 2. The minimum absolute atomic E-state index is 0.726. The summed E-state index contributed by atoms with van der Waals surface area (Å²) in [6.07, 6.45) is 0. The van der Waals surface area contributed by atoms with Gasteiger partial charge in [0.05, 0.1) is 11.3 Å². The first-order valence-corrected chi connectivity index (χ1v) is 6.00. The van der Waals surface area contributed by atoms with Gasteiger partial charge in [-0.3, -0.25) is 0 Å². The zero-order valence-corrected chi connectivity index (χ0v) is 10.7. The van der Waals surface area contributed by atoms with Crippen molar-refractivity contribution in [2.75, 3.05) is 5.32 Å². The van der Waals surface area contributed by atoms with Crippen LogP contribution in [-0.4, -0.2) is 0 Å². The first-order valence-electron chi connectivity index (χ1n) is 6.00. The number of nitrogens with one attached hydrogen (secondary N) is 1. The highest BCUT2D eigenvalue weighted by molar-refractivity contribution is 5.60. The van der Waals surface area contributed by atoms with E-state index < -0.39 is 0 Å². The number of aryl methyl sites for hydroxylation is 2. The van der Waals surface area contributed by atoms with E-state index in [1.807, 2.05) is 25.1 Å². The van der Waals surface area contributed by atoms with Crippen molar-refractivity contribution in [1.82, 2.24) is 0 Å². The summed E-state index contributed by atoms with van der Waals surface area (Å²) in [4.78, 5) is 0. The van der Waals surface area contributed by atoms with Gasteiger partial charge in [0.1, 0.15) is 6.07 Å². The third-order valence-corrected chi connectivity index (χ3v) is 2.99. The van der Waals surface area contributed by atoms with Crippen LogP contribution in [0.25, 0.3) is 0 Å². The predicted molar refractivity (Wildman–Crippen MR) is 74.4 cm³/mol. The molecule has 0 unspecified atom stereocenters. The molecule has 2 rings (SSSR count). The van der Waals surface area contributed by atoms with Crippen LogP contribution >= 0.6 is 0 Å². The van der Waals surface area contributed by atoms with Gasteiger partial charge in [-0.05, 0) is 31.0 Å². The second-order valence-electron chi connectivity index (χ2n) is 4.45. The molecule has 1 N–H and O–H groups in total. The fraction of sp³-hybridized carbons (Fsp3) is 0.188. The van der Waals surface area contributed by atoms with Gasteiger partial charge in [0, 0.05) is 6.54 Å². The van der Waals surface area contributed by atoms with E-state index in [0.717, 1.165) is 23.4 Å². The molecule has 0 saturated carbocycles. The van der Waals surface area contributed by atoms with Crippen LogP contribution in [0.5, 0.6) is 0 Å². The smallest absolute Gasteiger partial charge is 0.102 e. The van der Waals surface area contributed by atoms with E-state index >= 15 is 0 Å². The van der Waals surface area contributed by atoms with Crippen LogP contribution in [0.15, 0.2) is 42.5 Å². The molecular formula is C16H16N2. The Morgan fingerprint density at radius 2 is 1.78 bits per heavy atom. The quantitative estimate of drug-likeness (QED) is 0.880. The molecule has 2 heteroatoms. The summed E-state index contributed by atoms with van der Waals surface area (Å²) in [6, 6.07) is 16.5. The summed E-state index contributed by atoms with van der Waals surface area (Å²) in [5.41, 5.74) is 5.10. The van der Waals surface area contributed by atoms with Crippen LogP contribution < -0.4 is 5.32 Å². The summed E-state index contributed by atoms with van der Waals surface area (Å²) in [5, 5.41) is 12.5. The molecule has 0 radical (unpaired) electrons. The van der Waals surface area contributed by atoms with E-state index in [4.69, 9.17) is 5.26 Å². The van der Waals surface area contributed by atoms with Crippen molar-refractivity contribution in [1.29, 1.82) is 5.26 Å². The first kappa shape index (κ1) is 12.2. The number of anilines is 1. The summed E-state index contributed by atoms with van der Waals surface area (Å²) in [5.74, 6) is 0. The lowest BCUT2D eigenvalue weighted by atomic mass is 10.1. The van der Waals surface area contributed by atoms with Gasteiger partial charge in [-0.25, -0.2) is 0 Å². The standard InChI is InChI=1S/C16H16N2/c1-12-6-8-14(9-7-12)11-18-16-5-3-4-13(2)15(16)10-17/h3-9,18H,11H2,1-2H3. The maximum absolute atomic E-state index is 9.14. The zero-order valence-electron chi connectivity index (χ0n) is 10.7. The topological polar surface area (TPSA) is 35.8 Å². The number of hydrogen-bond donors (Lipinski definition) is 1. The molecule has 2 aromatic rings. The van der Waals surface area contributed by atoms with Crippen molar-refractivity contribution in [3.05, 3.63) is 64.7 Å². The molecule has 18 heavy (non-hydrogen) atoms. The van der Waals surface area contributed by atoms with Gasteiger partial charge in [0.2, 0.25) is 0 Å². The molecule has 0 saturated heterocycles. The Balaban J connectivity index is 2.14. The van der Waals surface area contributed by atoms with Crippen molar-refractivity contribution < 1.29 is 0 Å². The molecular weight excluding hydrogens is 220 g/mol. The molecule has 0 aliphatic carbocycles. The van der Waals surface area contributed by atoms with E-state index in [1.165, 1.54) is 11.1 Å². The molecule has 90 valence electrons. The zero-order chi connectivity index (χ0) is 13.0. The number of nitriles is 1. The molecule has 0 bridgehead atoms. The van der Waals surface area contributed by atoms with Crippen molar-refractivity contribution >= 4 is 5.69 Å². The molecule has 0 aliphatic heterocycles. The maximum Gasteiger partial charge on any atom is 0.102 e. The number of rotatable bonds is 3. The van der Waals surface area contributed by atoms with Gasteiger partial charge < -0.3 is 5.32 Å². The average Bonchev–Trinajstić information content (AvgIpc) is 2.38. The fourth-order valence-electron chi connectivity index (χ4n) is 1.87. The molecule has 0 fully saturated rings. The Bertz CT molecular complexity index is 577. The first-order chi connectivity index (χ1) is 8.70. The van der Waals surface area contributed by atoms with Gasteiger partial charge in [-0.1, -0.05) is 42.0 Å². The minimum atomic E-state index is 0.726. The van der Waals surface area contributed by atoms with Crippen LogP contribution in [0.1, 0.15) is 22.3 Å². The number of nitrogens with zero attached hydrogens (tertiary/aromatic N) is 1. The van der Waals surface area contributed by atoms with Gasteiger partial charge in [0.15, 0.2) is 0 Å².